The molecule has 22 heavy (non-hydrogen) atoms. The lowest BCUT2D eigenvalue weighted by molar-refractivity contribution is 0.388. The van der Waals surface area contributed by atoms with Gasteiger partial charge in [-0.3, -0.25) is 9.98 Å². The van der Waals surface area contributed by atoms with E-state index in [0.717, 1.165) is 5.92 Å². The molecule has 132 valence electrons. The fraction of sp³-hybridized carbons (Fsp3) is 0.900. The van der Waals surface area contributed by atoms with Gasteiger partial charge in [0.2, 0.25) is 0 Å². The van der Waals surface area contributed by atoms with Crippen LogP contribution < -0.4 is 0 Å². The van der Waals surface area contributed by atoms with Gasteiger partial charge in [0.05, 0.1) is 11.1 Å². The first-order chi connectivity index (χ1) is 10.0. The van der Waals surface area contributed by atoms with Crippen LogP contribution in [-0.2, 0) is 0 Å². The highest BCUT2D eigenvalue weighted by Crippen LogP contribution is 2.30. The minimum atomic E-state index is 0.212. The summed E-state index contributed by atoms with van der Waals surface area (Å²) in [5.41, 5.74) is 3.07. The summed E-state index contributed by atoms with van der Waals surface area (Å²) >= 11 is 0. The van der Waals surface area contributed by atoms with Crippen molar-refractivity contribution in [1.29, 1.82) is 0 Å². The molecule has 2 atom stereocenters. The van der Waals surface area contributed by atoms with Gasteiger partial charge >= 0.3 is 0 Å². The maximum Gasteiger partial charge on any atom is 0.0580 e. The van der Waals surface area contributed by atoms with Gasteiger partial charge in [0, 0.05) is 11.4 Å². The van der Waals surface area contributed by atoms with Gasteiger partial charge in [-0.1, -0.05) is 41.5 Å². The summed E-state index contributed by atoms with van der Waals surface area (Å²) in [6.07, 6.45) is 2.41. The van der Waals surface area contributed by atoms with Gasteiger partial charge in [-0.05, 0) is 66.2 Å². The second kappa shape index (κ2) is 10.2. The van der Waals surface area contributed by atoms with Gasteiger partial charge in [0.1, 0.15) is 0 Å². The third kappa shape index (κ3) is 8.10. The fourth-order valence-corrected chi connectivity index (χ4v) is 2.87. The average molecular weight is 311 g/mol. The van der Waals surface area contributed by atoms with Crippen LogP contribution in [0, 0.1) is 11.8 Å². The molecule has 2 aliphatic heterocycles. The van der Waals surface area contributed by atoms with E-state index in [1.54, 1.807) is 0 Å². The van der Waals surface area contributed by atoms with Crippen molar-refractivity contribution in [3.63, 3.8) is 0 Å². The molecule has 2 unspecified atom stereocenters. The fourth-order valence-electron chi connectivity index (χ4n) is 2.87. The second-order valence-corrected chi connectivity index (χ2v) is 7.28. The van der Waals surface area contributed by atoms with Crippen LogP contribution in [0.4, 0.5) is 0 Å². The Labute approximate surface area is 140 Å². The summed E-state index contributed by atoms with van der Waals surface area (Å²) < 4.78 is 0. The summed E-state index contributed by atoms with van der Waals surface area (Å²) in [5.74, 6) is 1.44. The van der Waals surface area contributed by atoms with Gasteiger partial charge in [-0.25, -0.2) is 0 Å². The lowest BCUT2D eigenvalue weighted by atomic mass is 9.90. The summed E-state index contributed by atoms with van der Waals surface area (Å²) in [7, 11) is 0. The molecule has 0 aliphatic carbocycles. The number of nitrogens with zero attached hydrogens (tertiary/aromatic N) is 2. The molecular weight excluding hydrogens is 268 g/mol. The van der Waals surface area contributed by atoms with E-state index in [4.69, 9.17) is 0 Å². The lowest BCUT2D eigenvalue weighted by Gasteiger charge is -2.19. The first-order valence-electron chi connectivity index (χ1n) is 9.15. The molecule has 2 heterocycles. The Morgan fingerprint density at radius 3 is 1.41 bits per heavy atom. The topological polar surface area (TPSA) is 24.7 Å². The molecule has 0 bridgehead atoms. The Balaban J connectivity index is 0. The van der Waals surface area contributed by atoms with E-state index in [1.807, 2.05) is 27.7 Å². The zero-order valence-electron chi connectivity index (χ0n) is 17.5. The highest BCUT2D eigenvalue weighted by atomic mass is 14.9. The molecule has 2 aliphatic rings. The van der Waals surface area contributed by atoms with Crippen molar-refractivity contribution in [3.8, 4) is 0 Å². The van der Waals surface area contributed by atoms with Gasteiger partial charge in [0.15, 0.2) is 0 Å². The lowest BCUT2D eigenvalue weighted by Crippen LogP contribution is -2.21. The average Bonchev–Trinajstić information content (AvgIpc) is 2.78. The molecular formula is C20H42N2. The summed E-state index contributed by atoms with van der Waals surface area (Å²) in [5, 5.41) is 0. The molecule has 0 aromatic rings. The van der Waals surface area contributed by atoms with Crippen LogP contribution in [0.2, 0.25) is 0 Å². The Kier molecular flexibility index (Phi) is 10.9. The van der Waals surface area contributed by atoms with Crippen molar-refractivity contribution in [1.82, 2.24) is 0 Å². The zero-order chi connectivity index (χ0) is 18.1. The van der Waals surface area contributed by atoms with E-state index < -0.39 is 0 Å². The molecule has 0 spiro atoms. The molecule has 0 saturated heterocycles. The number of aliphatic imine (C=N–C) groups is 2. The highest BCUT2D eigenvalue weighted by Gasteiger charge is 2.30. The number of hydrogen-bond donors (Lipinski definition) is 0. The maximum absolute atomic E-state index is 4.52. The monoisotopic (exact) mass is 310 g/mol. The van der Waals surface area contributed by atoms with Crippen LogP contribution in [0.3, 0.4) is 0 Å². The van der Waals surface area contributed by atoms with Crippen LogP contribution >= 0.6 is 0 Å². The van der Waals surface area contributed by atoms with Crippen molar-refractivity contribution in [3.05, 3.63) is 0 Å². The van der Waals surface area contributed by atoms with Crippen molar-refractivity contribution in [2.75, 3.05) is 0 Å². The molecule has 0 aromatic carbocycles. The van der Waals surface area contributed by atoms with E-state index in [1.165, 1.54) is 24.3 Å². The second-order valence-electron chi connectivity index (χ2n) is 7.28. The third-order valence-corrected chi connectivity index (χ3v) is 4.28. The van der Waals surface area contributed by atoms with Gasteiger partial charge < -0.3 is 0 Å². The van der Waals surface area contributed by atoms with Gasteiger partial charge in [0.25, 0.3) is 0 Å². The van der Waals surface area contributed by atoms with E-state index >= 15 is 0 Å². The molecule has 0 saturated carbocycles. The van der Waals surface area contributed by atoms with Crippen LogP contribution in [-0.4, -0.2) is 22.5 Å². The molecule has 2 heteroatoms. The molecule has 0 aromatic heterocycles. The van der Waals surface area contributed by atoms with Gasteiger partial charge in [-0.2, -0.15) is 0 Å². The number of hydrogen-bond acceptors (Lipinski definition) is 2. The van der Waals surface area contributed by atoms with Crippen molar-refractivity contribution in [2.24, 2.45) is 21.8 Å². The van der Waals surface area contributed by atoms with Crippen LogP contribution in [0.5, 0.6) is 0 Å². The summed E-state index contributed by atoms with van der Waals surface area (Å²) in [4.78, 5) is 9.04. The van der Waals surface area contributed by atoms with Crippen LogP contribution in [0.25, 0.3) is 0 Å². The summed E-state index contributed by atoms with van der Waals surface area (Å²) in [6.45, 7) is 25.5. The molecule has 2 rings (SSSR count). The van der Waals surface area contributed by atoms with Crippen molar-refractivity contribution < 1.29 is 0 Å². The van der Waals surface area contributed by atoms with E-state index in [2.05, 4.69) is 65.4 Å². The van der Waals surface area contributed by atoms with E-state index in [-0.39, 0.29) is 11.1 Å². The Morgan fingerprint density at radius 1 is 0.864 bits per heavy atom. The van der Waals surface area contributed by atoms with Crippen molar-refractivity contribution in [2.45, 2.75) is 107 Å². The minimum absolute atomic E-state index is 0.212. The molecule has 0 fully saturated rings. The maximum atomic E-state index is 4.52. The smallest absolute Gasteiger partial charge is 0.0580 e. The molecule has 0 amide bonds. The standard InChI is InChI=1S/2C8H15N.2C2H6/c1-6-5-8(3,4)9-7(6)2;1-6-5-7(2)9-8(6,3)4;2*1-2/h2*6H,5H2,1-4H3;2*1-2H3. The zero-order valence-corrected chi connectivity index (χ0v) is 17.5. The van der Waals surface area contributed by atoms with Crippen LogP contribution in [0.1, 0.15) is 95.9 Å². The number of rotatable bonds is 0. The largest absolute Gasteiger partial charge is 0.288 e. The first kappa shape index (κ1) is 23.6. The first-order valence-corrected chi connectivity index (χ1v) is 9.15. The SMILES string of the molecule is CC.CC.CC1=NC(C)(C)C(C)C1.CC1=NC(C)(C)CC1C. The van der Waals surface area contributed by atoms with Crippen LogP contribution in [0.15, 0.2) is 9.98 Å². The van der Waals surface area contributed by atoms with Gasteiger partial charge in [-0.15, -0.1) is 0 Å². The quantitative estimate of drug-likeness (QED) is 0.482. The Bertz CT molecular complexity index is 362. The molecule has 0 N–H and O–H groups in total. The molecule has 0 radical (unpaired) electrons. The van der Waals surface area contributed by atoms with E-state index in [0.29, 0.717) is 5.92 Å². The highest BCUT2D eigenvalue weighted by molar-refractivity contribution is 5.86. The normalized spacial score (nSPS) is 27.1. The predicted octanol–water partition coefficient (Wildman–Crippen LogP) is 6.58. The van der Waals surface area contributed by atoms with E-state index in [9.17, 15) is 0 Å². The Hall–Kier alpha value is -0.660. The molecule has 2 nitrogen and oxygen atoms in total. The van der Waals surface area contributed by atoms with Crippen molar-refractivity contribution >= 4 is 11.4 Å². The summed E-state index contributed by atoms with van der Waals surface area (Å²) in [6, 6.07) is 0. The Morgan fingerprint density at radius 2 is 1.32 bits per heavy atom. The third-order valence-electron chi connectivity index (χ3n) is 4.28. The minimum Gasteiger partial charge on any atom is -0.288 e. The predicted molar refractivity (Wildman–Crippen MR) is 105 cm³/mol.